The van der Waals surface area contributed by atoms with Gasteiger partial charge in [0.2, 0.25) is 0 Å². The highest BCUT2D eigenvalue weighted by Gasteiger charge is 2.30. The topological polar surface area (TPSA) is 57.3 Å². The SMILES string of the molecule is CN(NC(=O)c1cccnc1Nc1cccc(C(F)(F)F)c1)c1ccccc1. The first-order chi connectivity index (χ1) is 13.3. The second-order valence-corrected chi connectivity index (χ2v) is 5.94. The number of pyridine rings is 1. The van der Waals surface area contributed by atoms with Crippen LogP contribution in [-0.4, -0.2) is 17.9 Å². The first-order valence-corrected chi connectivity index (χ1v) is 8.33. The van der Waals surface area contributed by atoms with Crippen LogP contribution in [-0.2, 0) is 6.18 Å². The summed E-state index contributed by atoms with van der Waals surface area (Å²) in [5, 5.41) is 4.33. The van der Waals surface area contributed by atoms with Crippen LogP contribution >= 0.6 is 0 Å². The molecule has 0 spiro atoms. The Bertz CT molecular complexity index is 961. The van der Waals surface area contributed by atoms with Gasteiger partial charge in [-0.1, -0.05) is 24.3 Å². The summed E-state index contributed by atoms with van der Waals surface area (Å²) >= 11 is 0. The van der Waals surface area contributed by atoms with Crippen molar-refractivity contribution in [2.75, 3.05) is 17.4 Å². The van der Waals surface area contributed by atoms with Crippen LogP contribution < -0.4 is 15.8 Å². The van der Waals surface area contributed by atoms with Crippen LogP contribution in [0.3, 0.4) is 0 Å². The maximum Gasteiger partial charge on any atom is 0.416 e. The normalized spacial score (nSPS) is 11.0. The van der Waals surface area contributed by atoms with E-state index in [1.807, 2.05) is 30.3 Å². The van der Waals surface area contributed by atoms with E-state index < -0.39 is 17.6 Å². The number of nitrogens with zero attached hydrogens (tertiary/aromatic N) is 2. The molecule has 5 nitrogen and oxygen atoms in total. The number of hydrazine groups is 1. The smallest absolute Gasteiger partial charge is 0.340 e. The second-order valence-electron chi connectivity index (χ2n) is 5.94. The van der Waals surface area contributed by atoms with Crippen molar-refractivity contribution in [3.8, 4) is 0 Å². The van der Waals surface area contributed by atoms with Gasteiger partial charge in [-0.2, -0.15) is 13.2 Å². The lowest BCUT2D eigenvalue weighted by Gasteiger charge is -2.21. The number of hydrogen-bond acceptors (Lipinski definition) is 4. The van der Waals surface area contributed by atoms with Gasteiger partial charge in [0.05, 0.1) is 16.8 Å². The third kappa shape index (κ3) is 4.59. The molecule has 1 aromatic heterocycles. The minimum Gasteiger partial charge on any atom is -0.340 e. The summed E-state index contributed by atoms with van der Waals surface area (Å²) in [6.45, 7) is 0. The lowest BCUT2D eigenvalue weighted by molar-refractivity contribution is -0.137. The number of benzene rings is 2. The van der Waals surface area contributed by atoms with Gasteiger partial charge in [-0.25, -0.2) is 4.98 Å². The highest BCUT2D eigenvalue weighted by Crippen LogP contribution is 2.31. The summed E-state index contributed by atoms with van der Waals surface area (Å²) < 4.78 is 38.7. The van der Waals surface area contributed by atoms with Crippen LogP contribution in [0.15, 0.2) is 72.9 Å². The lowest BCUT2D eigenvalue weighted by Crippen LogP contribution is -2.39. The zero-order valence-corrected chi connectivity index (χ0v) is 14.9. The predicted molar refractivity (Wildman–Crippen MR) is 101 cm³/mol. The lowest BCUT2D eigenvalue weighted by atomic mass is 10.2. The fourth-order valence-corrected chi connectivity index (χ4v) is 2.53. The van der Waals surface area contributed by atoms with E-state index in [0.717, 1.165) is 17.8 Å². The number of carbonyl (C=O) groups excluding carboxylic acids is 1. The molecule has 144 valence electrons. The molecular weight excluding hydrogens is 369 g/mol. The van der Waals surface area contributed by atoms with Crippen molar-refractivity contribution in [3.05, 3.63) is 84.1 Å². The van der Waals surface area contributed by atoms with Gasteiger partial charge in [0.25, 0.3) is 5.91 Å². The maximum absolute atomic E-state index is 12.9. The summed E-state index contributed by atoms with van der Waals surface area (Å²) in [7, 11) is 1.68. The number of anilines is 3. The van der Waals surface area contributed by atoms with Crippen molar-refractivity contribution in [1.82, 2.24) is 10.4 Å². The first kappa shape index (κ1) is 19.2. The average molecular weight is 386 g/mol. The molecule has 8 heteroatoms. The molecule has 0 unspecified atom stereocenters. The summed E-state index contributed by atoms with van der Waals surface area (Å²) in [6, 6.07) is 17.0. The fraction of sp³-hybridized carbons (Fsp3) is 0.100. The Balaban J connectivity index is 1.81. The van der Waals surface area contributed by atoms with E-state index in [4.69, 9.17) is 0 Å². The Morgan fingerprint density at radius 1 is 1.00 bits per heavy atom. The molecule has 0 aliphatic carbocycles. The van der Waals surface area contributed by atoms with Crippen LogP contribution in [0.25, 0.3) is 0 Å². The Morgan fingerprint density at radius 2 is 1.75 bits per heavy atom. The maximum atomic E-state index is 12.9. The number of nitrogens with one attached hydrogen (secondary N) is 2. The molecule has 2 N–H and O–H groups in total. The molecule has 0 atom stereocenters. The van der Waals surface area contributed by atoms with E-state index >= 15 is 0 Å². The summed E-state index contributed by atoms with van der Waals surface area (Å²) in [5.74, 6) is -0.297. The molecule has 3 aromatic rings. The first-order valence-electron chi connectivity index (χ1n) is 8.33. The van der Waals surface area contributed by atoms with Crippen molar-refractivity contribution in [2.24, 2.45) is 0 Å². The molecule has 28 heavy (non-hydrogen) atoms. The number of amides is 1. The number of halogens is 3. The third-order valence-corrected chi connectivity index (χ3v) is 3.92. The monoisotopic (exact) mass is 386 g/mol. The molecule has 0 aliphatic heterocycles. The molecule has 0 fully saturated rings. The number of rotatable bonds is 5. The van der Waals surface area contributed by atoms with Crippen molar-refractivity contribution in [1.29, 1.82) is 0 Å². The van der Waals surface area contributed by atoms with Gasteiger partial charge < -0.3 is 5.32 Å². The van der Waals surface area contributed by atoms with Crippen LogP contribution in [0, 0.1) is 0 Å². The molecule has 0 radical (unpaired) electrons. The summed E-state index contributed by atoms with van der Waals surface area (Å²) in [5.41, 5.74) is 3.07. The van der Waals surface area contributed by atoms with E-state index in [1.165, 1.54) is 24.4 Å². The Labute approximate surface area is 159 Å². The minimum atomic E-state index is -4.46. The predicted octanol–water partition coefficient (Wildman–Crippen LogP) is 4.63. The fourth-order valence-electron chi connectivity index (χ4n) is 2.53. The number of hydrogen-bond donors (Lipinski definition) is 2. The van der Waals surface area contributed by atoms with Gasteiger partial charge in [0, 0.05) is 18.9 Å². The molecule has 1 heterocycles. The van der Waals surface area contributed by atoms with Gasteiger partial charge in [-0.3, -0.25) is 15.2 Å². The number of para-hydroxylation sites is 1. The zero-order chi connectivity index (χ0) is 20.1. The van der Waals surface area contributed by atoms with Crippen molar-refractivity contribution in [3.63, 3.8) is 0 Å². The van der Waals surface area contributed by atoms with Crippen molar-refractivity contribution < 1.29 is 18.0 Å². The summed E-state index contributed by atoms with van der Waals surface area (Å²) in [4.78, 5) is 16.7. The van der Waals surface area contributed by atoms with Gasteiger partial charge >= 0.3 is 6.18 Å². The summed E-state index contributed by atoms with van der Waals surface area (Å²) in [6.07, 6.45) is -3.01. The second kappa shape index (κ2) is 7.99. The van der Waals surface area contributed by atoms with E-state index in [2.05, 4.69) is 15.7 Å². The Kier molecular flexibility index (Phi) is 5.49. The molecule has 0 saturated heterocycles. The Hall–Kier alpha value is -3.55. The van der Waals surface area contributed by atoms with E-state index in [1.54, 1.807) is 18.1 Å². The largest absolute Gasteiger partial charge is 0.416 e. The number of alkyl halides is 3. The van der Waals surface area contributed by atoms with Crippen LogP contribution in [0.4, 0.5) is 30.4 Å². The molecule has 3 rings (SSSR count). The van der Waals surface area contributed by atoms with E-state index in [-0.39, 0.29) is 17.1 Å². The molecule has 0 saturated carbocycles. The zero-order valence-electron chi connectivity index (χ0n) is 14.9. The van der Waals surface area contributed by atoms with Crippen molar-refractivity contribution in [2.45, 2.75) is 6.18 Å². The number of aromatic nitrogens is 1. The standard InChI is InChI=1S/C20H17F3N4O/c1-27(16-9-3-2-4-10-16)26-19(28)17-11-6-12-24-18(17)25-15-8-5-7-14(13-15)20(21,22)23/h2-13H,1H3,(H,24,25)(H,26,28). The van der Waals surface area contributed by atoms with Crippen LogP contribution in [0.2, 0.25) is 0 Å². The highest BCUT2D eigenvalue weighted by atomic mass is 19.4. The third-order valence-electron chi connectivity index (χ3n) is 3.92. The van der Waals surface area contributed by atoms with Gasteiger partial charge in [-0.05, 0) is 42.5 Å². The molecule has 0 aliphatic rings. The van der Waals surface area contributed by atoms with Crippen molar-refractivity contribution >= 4 is 23.1 Å². The van der Waals surface area contributed by atoms with Gasteiger partial charge in [-0.15, -0.1) is 0 Å². The number of carbonyl (C=O) groups is 1. The molecule has 2 aromatic carbocycles. The minimum absolute atomic E-state index is 0.154. The van der Waals surface area contributed by atoms with Crippen LogP contribution in [0.5, 0.6) is 0 Å². The van der Waals surface area contributed by atoms with E-state index in [9.17, 15) is 18.0 Å². The molecular formula is C20H17F3N4O. The molecule has 0 bridgehead atoms. The van der Waals surface area contributed by atoms with Gasteiger partial charge in [0.15, 0.2) is 0 Å². The van der Waals surface area contributed by atoms with E-state index in [0.29, 0.717) is 0 Å². The molecule has 1 amide bonds. The van der Waals surface area contributed by atoms with Gasteiger partial charge in [0.1, 0.15) is 5.82 Å². The average Bonchev–Trinajstić information content (AvgIpc) is 2.68. The Morgan fingerprint density at radius 3 is 2.46 bits per heavy atom. The quantitative estimate of drug-likeness (QED) is 0.628. The van der Waals surface area contributed by atoms with Crippen LogP contribution in [0.1, 0.15) is 15.9 Å². The highest BCUT2D eigenvalue weighted by molar-refractivity contribution is 6.00.